The van der Waals surface area contributed by atoms with E-state index >= 15 is 4.39 Å². The van der Waals surface area contributed by atoms with Crippen LogP contribution in [0.25, 0.3) is 38.6 Å². The minimum Gasteiger partial charge on any atom is -0.458 e. The van der Waals surface area contributed by atoms with Crippen molar-refractivity contribution in [3.8, 4) is 17.3 Å². The molecule has 1 aliphatic carbocycles. The zero-order chi connectivity index (χ0) is 27.5. The Morgan fingerprint density at radius 1 is 0.951 bits per heavy atom. The van der Waals surface area contributed by atoms with Crippen LogP contribution in [0.2, 0.25) is 5.02 Å². The molecule has 6 aromatic rings. The monoisotopic (exact) mass is 564 g/mol. The number of hydrogen-bond acceptors (Lipinski definition) is 6. The highest BCUT2D eigenvalue weighted by Crippen LogP contribution is 2.41. The number of aromatic nitrogens is 5. The molecule has 5 heterocycles. The first-order valence-electron chi connectivity index (χ1n) is 13.9. The first kappa shape index (κ1) is 24.5. The Hall–Kier alpha value is -4.30. The van der Waals surface area contributed by atoms with E-state index in [4.69, 9.17) is 21.3 Å². The van der Waals surface area contributed by atoms with E-state index in [9.17, 15) is 0 Å². The SMILES string of the molecule is Fc1c(-c2cccc3cccc(Cl)c23)ncc2c(N3CC4CCC(C4)C3)nc(OCc3cccn4ccnc34)nc12. The van der Waals surface area contributed by atoms with E-state index in [0.29, 0.717) is 33.6 Å². The number of halogens is 2. The summed E-state index contributed by atoms with van der Waals surface area (Å²) >= 11 is 6.59. The first-order valence-corrected chi connectivity index (χ1v) is 14.3. The molecular formula is C32H26ClFN6O. The van der Waals surface area contributed by atoms with Gasteiger partial charge in [0.25, 0.3) is 0 Å². The van der Waals surface area contributed by atoms with Crippen molar-refractivity contribution in [1.82, 2.24) is 24.3 Å². The predicted octanol–water partition coefficient (Wildman–Crippen LogP) is 7.10. The van der Waals surface area contributed by atoms with Gasteiger partial charge in [-0.15, -0.1) is 0 Å². The van der Waals surface area contributed by atoms with E-state index < -0.39 is 5.82 Å². The van der Waals surface area contributed by atoms with Crippen molar-refractivity contribution in [2.24, 2.45) is 11.8 Å². The fourth-order valence-electron chi connectivity index (χ4n) is 6.65. The van der Waals surface area contributed by atoms with Gasteiger partial charge in [0.05, 0.1) is 5.39 Å². The normalized spacial score (nSPS) is 18.5. The van der Waals surface area contributed by atoms with E-state index in [1.165, 1.54) is 19.3 Å². The molecule has 2 bridgehead atoms. The van der Waals surface area contributed by atoms with Crippen LogP contribution < -0.4 is 9.64 Å². The molecule has 8 rings (SSSR count). The van der Waals surface area contributed by atoms with Gasteiger partial charge in [-0.1, -0.05) is 48.0 Å². The van der Waals surface area contributed by atoms with Crippen LogP contribution in [0.1, 0.15) is 24.8 Å². The molecule has 41 heavy (non-hydrogen) atoms. The third-order valence-electron chi connectivity index (χ3n) is 8.52. The fourth-order valence-corrected chi connectivity index (χ4v) is 6.94. The molecule has 4 aromatic heterocycles. The molecule has 9 heteroatoms. The van der Waals surface area contributed by atoms with Crippen LogP contribution in [0.15, 0.2) is 73.3 Å². The van der Waals surface area contributed by atoms with Gasteiger partial charge in [-0.3, -0.25) is 4.98 Å². The first-order chi connectivity index (χ1) is 20.1. The van der Waals surface area contributed by atoms with Crippen molar-refractivity contribution >= 4 is 44.7 Å². The molecule has 2 aromatic carbocycles. The number of piperidine rings is 1. The van der Waals surface area contributed by atoms with Crippen molar-refractivity contribution in [2.75, 3.05) is 18.0 Å². The maximum atomic E-state index is 16.6. The number of rotatable bonds is 5. The highest BCUT2D eigenvalue weighted by molar-refractivity contribution is 6.36. The maximum Gasteiger partial charge on any atom is 0.319 e. The smallest absolute Gasteiger partial charge is 0.319 e. The van der Waals surface area contributed by atoms with Gasteiger partial charge in [0.15, 0.2) is 5.82 Å². The second-order valence-corrected chi connectivity index (χ2v) is 11.5. The Bertz CT molecular complexity index is 1940. The van der Waals surface area contributed by atoms with E-state index in [0.717, 1.165) is 35.1 Å². The second kappa shape index (κ2) is 9.66. The Morgan fingerprint density at radius 2 is 1.78 bits per heavy atom. The lowest BCUT2D eigenvalue weighted by molar-refractivity contribution is 0.282. The molecule has 0 radical (unpaired) electrons. The van der Waals surface area contributed by atoms with Crippen LogP contribution in [-0.4, -0.2) is 37.4 Å². The average molecular weight is 565 g/mol. The molecule has 0 spiro atoms. The molecular weight excluding hydrogens is 539 g/mol. The number of imidazole rings is 1. The highest BCUT2D eigenvalue weighted by Gasteiger charge is 2.34. The van der Waals surface area contributed by atoms with Crippen LogP contribution in [0.5, 0.6) is 6.01 Å². The van der Waals surface area contributed by atoms with E-state index in [1.807, 2.05) is 65.3 Å². The number of nitrogens with zero attached hydrogens (tertiary/aromatic N) is 6. The molecule has 1 saturated heterocycles. The van der Waals surface area contributed by atoms with Gasteiger partial charge in [-0.05, 0) is 48.6 Å². The van der Waals surface area contributed by atoms with Gasteiger partial charge in [0.2, 0.25) is 0 Å². The predicted molar refractivity (Wildman–Crippen MR) is 158 cm³/mol. The summed E-state index contributed by atoms with van der Waals surface area (Å²) in [7, 11) is 0. The lowest BCUT2D eigenvalue weighted by Gasteiger charge is -2.33. The molecule has 2 atom stereocenters. The van der Waals surface area contributed by atoms with Crippen molar-refractivity contribution in [2.45, 2.75) is 25.9 Å². The van der Waals surface area contributed by atoms with Crippen molar-refractivity contribution in [3.63, 3.8) is 0 Å². The quantitative estimate of drug-likeness (QED) is 0.222. The highest BCUT2D eigenvalue weighted by atomic mass is 35.5. The number of anilines is 1. The largest absolute Gasteiger partial charge is 0.458 e. The standard InChI is InChI=1S/C32H26ClFN6O/c33-25-8-2-5-21-4-1-7-23(26(21)25)28-27(34)29-24(15-36-28)31(40-16-19-9-10-20(14-19)17-40)38-32(37-29)41-18-22-6-3-12-39-13-11-35-30(22)39/h1-8,11-13,15,19-20H,9-10,14,16-18H2. The Balaban J connectivity index is 1.27. The topological polar surface area (TPSA) is 68.4 Å². The molecule has 2 fully saturated rings. The summed E-state index contributed by atoms with van der Waals surface area (Å²) in [6.07, 6.45) is 11.0. The minimum atomic E-state index is -0.515. The molecule has 204 valence electrons. The lowest BCUT2D eigenvalue weighted by atomic mass is 9.98. The summed E-state index contributed by atoms with van der Waals surface area (Å²) in [6, 6.07) is 15.4. The number of fused-ring (bicyclic) bond motifs is 5. The number of hydrogen-bond donors (Lipinski definition) is 0. The second-order valence-electron chi connectivity index (χ2n) is 11.1. The van der Waals surface area contributed by atoms with Crippen LogP contribution >= 0.6 is 11.6 Å². The van der Waals surface area contributed by atoms with Gasteiger partial charge >= 0.3 is 6.01 Å². The lowest BCUT2D eigenvalue weighted by Crippen LogP contribution is -2.37. The Kier molecular flexibility index (Phi) is 5.77. The summed E-state index contributed by atoms with van der Waals surface area (Å²) in [4.78, 5) is 20.8. The third-order valence-corrected chi connectivity index (χ3v) is 8.83. The molecule has 2 unspecified atom stereocenters. The van der Waals surface area contributed by atoms with Crippen LogP contribution in [0, 0.1) is 17.7 Å². The Morgan fingerprint density at radius 3 is 2.63 bits per heavy atom. The summed E-state index contributed by atoms with van der Waals surface area (Å²) in [5, 5.41) is 2.81. The van der Waals surface area contributed by atoms with Gasteiger partial charge in [0, 0.05) is 59.4 Å². The Labute approximate surface area is 240 Å². The van der Waals surface area contributed by atoms with Gasteiger partial charge in [-0.2, -0.15) is 9.97 Å². The van der Waals surface area contributed by atoms with Gasteiger partial charge in [-0.25, -0.2) is 9.37 Å². The maximum absolute atomic E-state index is 16.6. The molecule has 2 aliphatic rings. The average Bonchev–Trinajstić information content (AvgIpc) is 3.62. The zero-order valence-corrected chi connectivity index (χ0v) is 22.9. The van der Waals surface area contributed by atoms with E-state index in [2.05, 4.69) is 19.9 Å². The third kappa shape index (κ3) is 4.16. The summed E-state index contributed by atoms with van der Waals surface area (Å²) in [5.74, 6) is 1.40. The number of pyridine rings is 2. The summed E-state index contributed by atoms with van der Waals surface area (Å²) < 4.78 is 24.6. The summed E-state index contributed by atoms with van der Waals surface area (Å²) in [6.45, 7) is 1.98. The van der Waals surface area contributed by atoms with Crippen LogP contribution in [0.3, 0.4) is 0 Å². The number of benzene rings is 2. The zero-order valence-electron chi connectivity index (χ0n) is 22.2. The van der Waals surface area contributed by atoms with E-state index in [1.54, 1.807) is 12.4 Å². The van der Waals surface area contributed by atoms with Crippen molar-refractivity contribution < 1.29 is 9.13 Å². The number of ether oxygens (including phenoxy) is 1. The molecule has 0 N–H and O–H groups in total. The molecule has 0 amide bonds. The van der Waals surface area contributed by atoms with Gasteiger partial charge < -0.3 is 14.0 Å². The summed E-state index contributed by atoms with van der Waals surface area (Å²) in [5.41, 5.74) is 2.70. The molecule has 1 saturated carbocycles. The molecule has 7 nitrogen and oxygen atoms in total. The van der Waals surface area contributed by atoms with Crippen molar-refractivity contribution in [1.29, 1.82) is 0 Å². The molecule has 1 aliphatic heterocycles. The fraction of sp³-hybridized carbons (Fsp3) is 0.250. The van der Waals surface area contributed by atoms with E-state index in [-0.39, 0.29) is 23.8 Å². The minimum absolute atomic E-state index is 0.131. The van der Waals surface area contributed by atoms with Crippen LogP contribution in [-0.2, 0) is 6.61 Å². The van der Waals surface area contributed by atoms with Gasteiger partial charge in [0.1, 0.15) is 29.3 Å². The van der Waals surface area contributed by atoms with Crippen LogP contribution in [0.4, 0.5) is 10.2 Å². The van der Waals surface area contributed by atoms with Crippen molar-refractivity contribution in [3.05, 3.63) is 89.7 Å².